The summed E-state index contributed by atoms with van der Waals surface area (Å²) in [5.74, 6) is -3.92. The minimum absolute atomic E-state index is 0.0199. The number of phenolic OH excluding ortho intramolecular Hbond substituents is 1. The summed E-state index contributed by atoms with van der Waals surface area (Å²) in [6.45, 7) is 3.28. The fourth-order valence-corrected chi connectivity index (χ4v) is 4.14. The van der Waals surface area contributed by atoms with E-state index >= 15 is 0 Å². The second kappa shape index (κ2) is 13.2. The van der Waals surface area contributed by atoms with Gasteiger partial charge in [-0.25, -0.2) is 0 Å². The van der Waals surface area contributed by atoms with Crippen LogP contribution in [0.5, 0.6) is 5.75 Å². The number of nitro groups is 1. The van der Waals surface area contributed by atoms with Gasteiger partial charge in [-0.15, -0.1) is 11.8 Å². The first-order valence-corrected chi connectivity index (χ1v) is 12.1. The third kappa shape index (κ3) is 8.38. The number of rotatable bonds is 13. The van der Waals surface area contributed by atoms with Gasteiger partial charge in [-0.05, 0) is 23.6 Å². The lowest BCUT2D eigenvalue weighted by Gasteiger charge is -2.24. The fraction of sp³-hybridized carbons (Fsp3) is 0.333. The lowest BCUT2D eigenvalue weighted by Crippen LogP contribution is -2.54. The number of hydrogen-bond donors (Lipinski definition) is 4. The predicted octanol–water partition coefficient (Wildman–Crippen LogP) is 2.52. The first-order valence-electron chi connectivity index (χ1n) is 10.9. The van der Waals surface area contributed by atoms with Gasteiger partial charge in [0.1, 0.15) is 6.04 Å². The van der Waals surface area contributed by atoms with Gasteiger partial charge >= 0.3 is 11.7 Å². The molecule has 2 aromatic rings. The Morgan fingerprint density at radius 2 is 1.72 bits per heavy atom. The molecule has 2 unspecified atom stereocenters. The van der Waals surface area contributed by atoms with Gasteiger partial charge in [0.05, 0.1) is 23.1 Å². The number of thioether (sulfide) groups is 1. The van der Waals surface area contributed by atoms with Crippen molar-refractivity contribution in [2.75, 3.05) is 5.75 Å². The second-order valence-corrected chi connectivity index (χ2v) is 9.25. The number of amides is 2. The van der Waals surface area contributed by atoms with Crippen molar-refractivity contribution < 1.29 is 34.3 Å². The van der Waals surface area contributed by atoms with Gasteiger partial charge < -0.3 is 20.8 Å². The topological polar surface area (TPSA) is 176 Å². The molecule has 0 spiro atoms. The van der Waals surface area contributed by atoms with Crippen molar-refractivity contribution in [1.29, 1.82) is 0 Å². The summed E-state index contributed by atoms with van der Waals surface area (Å²) in [4.78, 5) is 59.6. The molecule has 0 saturated carbocycles. The fourth-order valence-electron chi connectivity index (χ4n) is 3.20. The summed E-state index contributed by atoms with van der Waals surface area (Å²) in [5, 5.41) is 34.8. The van der Waals surface area contributed by atoms with Crippen LogP contribution < -0.4 is 10.6 Å². The Morgan fingerprint density at radius 1 is 1.06 bits per heavy atom. The largest absolute Gasteiger partial charge is 0.502 e. The molecular weight excluding hydrogens is 490 g/mol. The van der Waals surface area contributed by atoms with Crippen LogP contribution in [0, 0.1) is 16.0 Å². The van der Waals surface area contributed by atoms with Gasteiger partial charge in [-0.2, -0.15) is 0 Å². The van der Waals surface area contributed by atoms with Crippen LogP contribution in [-0.2, 0) is 20.1 Å². The van der Waals surface area contributed by atoms with E-state index in [2.05, 4.69) is 10.6 Å². The molecule has 2 aromatic carbocycles. The Kier molecular flexibility index (Phi) is 10.4. The van der Waals surface area contributed by atoms with Crippen molar-refractivity contribution in [3.63, 3.8) is 0 Å². The molecule has 0 aliphatic rings. The van der Waals surface area contributed by atoms with E-state index in [0.29, 0.717) is 5.75 Å². The van der Waals surface area contributed by atoms with E-state index in [-0.39, 0.29) is 11.3 Å². The van der Waals surface area contributed by atoms with Gasteiger partial charge in [0.15, 0.2) is 11.5 Å². The van der Waals surface area contributed by atoms with Gasteiger partial charge in [0.25, 0.3) is 5.91 Å². The average molecular weight is 518 g/mol. The van der Waals surface area contributed by atoms with Gasteiger partial charge in [0, 0.05) is 17.4 Å². The van der Waals surface area contributed by atoms with Crippen LogP contribution in [0.25, 0.3) is 0 Å². The van der Waals surface area contributed by atoms with Crippen molar-refractivity contribution in [3.8, 4) is 5.75 Å². The number of nitro benzene ring substituents is 1. The van der Waals surface area contributed by atoms with Crippen molar-refractivity contribution in [1.82, 2.24) is 10.6 Å². The SMILES string of the molecule is CC(C)C(NC(=O)c1ccc([N+](=O)[O-])c(O)c1)C(=O)NC(CC(=O)O)C(=O)CSCc1ccccc1. The number of aliphatic carboxylic acids is 1. The number of Topliss-reactive ketones (excluding diaryl/α,β-unsaturated/α-hetero) is 1. The van der Waals surface area contributed by atoms with Crippen LogP contribution in [0.4, 0.5) is 5.69 Å². The van der Waals surface area contributed by atoms with Crippen LogP contribution in [-0.4, -0.2) is 56.5 Å². The molecule has 0 heterocycles. The highest BCUT2D eigenvalue weighted by Gasteiger charge is 2.30. The maximum atomic E-state index is 12.9. The Balaban J connectivity index is 2.07. The van der Waals surface area contributed by atoms with E-state index in [4.69, 9.17) is 0 Å². The van der Waals surface area contributed by atoms with E-state index in [1.165, 1.54) is 11.8 Å². The predicted molar refractivity (Wildman–Crippen MR) is 133 cm³/mol. The molecule has 12 heteroatoms. The quantitative estimate of drug-likeness (QED) is 0.230. The van der Waals surface area contributed by atoms with Gasteiger partial charge in [0.2, 0.25) is 5.91 Å². The molecular formula is C24H27N3O8S. The second-order valence-electron chi connectivity index (χ2n) is 8.26. The van der Waals surface area contributed by atoms with Gasteiger partial charge in [-0.3, -0.25) is 29.3 Å². The Hall–Kier alpha value is -3.93. The molecule has 2 atom stereocenters. The standard InChI is InChI=1S/C24H27N3O8S/c1-14(2)22(26-23(32)16-8-9-18(27(34)35)19(28)10-16)24(33)25-17(11-21(30)31)20(29)13-36-12-15-6-4-3-5-7-15/h3-10,14,17,22,28H,11-13H2,1-2H3,(H,25,33)(H,26,32)(H,30,31). The molecule has 0 radical (unpaired) electrons. The number of carbonyl (C=O) groups is 4. The van der Waals surface area contributed by atoms with E-state index in [1.807, 2.05) is 30.3 Å². The highest BCUT2D eigenvalue weighted by molar-refractivity contribution is 7.99. The number of carboxylic acids is 1. The molecule has 4 N–H and O–H groups in total. The molecule has 0 bridgehead atoms. The smallest absolute Gasteiger partial charge is 0.310 e. The summed E-state index contributed by atoms with van der Waals surface area (Å²) >= 11 is 1.29. The normalized spacial score (nSPS) is 12.4. The molecule has 2 amide bonds. The van der Waals surface area contributed by atoms with E-state index in [0.717, 1.165) is 23.8 Å². The summed E-state index contributed by atoms with van der Waals surface area (Å²) in [6, 6.07) is 9.95. The molecule has 2 rings (SSSR count). The van der Waals surface area contributed by atoms with Crippen molar-refractivity contribution >= 4 is 41.0 Å². The third-order valence-corrected chi connectivity index (χ3v) is 6.14. The Bertz CT molecular complexity index is 1120. The third-order valence-electron chi connectivity index (χ3n) is 5.11. The Labute approximate surface area is 211 Å². The zero-order valence-corrected chi connectivity index (χ0v) is 20.5. The monoisotopic (exact) mass is 517 g/mol. The molecule has 0 aliphatic carbocycles. The average Bonchev–Trinajstić information content (AvgIpc) is 2.81. The molecule has 0 saturated heterocycles. The number of aromatic hydroxyl groups is 1. The number of phenols is 1. The minimum atomic E-state index is -1.29. The van der Waals surface area contributed by atoms with Crippen LogP contribution in [0.15, 0.2) is 48.5 Å². The number of carboxylic acid groups (broad SMARTS) is 1. The van der Waals surface area contributed by atoms with E-state index in [1.54, 1.807) is 13.8 Å². The van der Waals surface area contributed by atoms with Crippen molar-refractivity contribution in [3.05, 3.63) is 69.8 Å². The lowest BCUT2D eigenvalue weighted by molar-refractivity contribution is -0.385. The van der Waals surface area contributed by atoms with Crippen molar-refractivity contribution in [2.45, 2.75) is 38.1 Å². The molecule has 192 valence electrons. The van der Waals surface area contributed by atoms with Crippen LogP contribution >= 0.6 is 11.8 Å². The van der Waals surface area contributed by atoms with Crippen LogP contribution in [0.1, 0.15) is 36.2 Å². The lowest BCUT2D eigenvalue weighted by atomic mass is 10.0. The zero-order chi connectivity index (χ0) is 26.8. The molecule has 36 heavy (non-hydrogen) atoms. The molecule has 0 aliphatic heterocycles. The number of nitrogens with zero attached hydrogens (tertiary/aromatic N) is 1. The van der Waals surface area contributed by atoms with Crippen LogP contribution in [0.2, 0.25) is 0 Å². The van der Waals surface area contributed by atoms with Crippen molar-refractivity contribution in [2.24, 2.45) is 5.92 Å². The van der Waals surface area contributed by atoms with Gasteiger partial charge in [-0.1, -0.05) is 44.2 Å². The maximum Gasteiger partial charge on any atom is 0.310 e. The van der Waals surface area contributed by atoms with E-state index < -0.39 is 64.3 Å². The minimum Gasteiger partial charge on any atom is -0.502 e. The molecule has 11 nitrogen and oxygen atoms in total. The maximum absolute atomic E-state index is 12.9. The molecule has 0 fully saturated rings. The highest BCUT2D eigenvalue weighted by atomic mass is 32.2. The Morgan fingerprint density at radius 3 is 2.28 bits per heavy atom. The first-order chi connectivity index (χ1) is 17.0. The number of benzene rings is 2. The number of carbonyl (C=O) groups excluding carboxylic acids is 3. The highest BCUT2D eigenvalue weighted by Crippen LogP contribution is 2.26. The summed E-state index contributed by atoms with van der Waals surface area (Å²) < 4.78 is 0. The molecule has 0 aromatic heterocycles. The summed E-state index contributed by atoms with van der Waals surface area (Å²) in [6.07, 6.45) is -0.620. The van der Waals surface area contributed by atoms with Crippen LogP contribution in [0.3, 0.4) is 0 Å². The summed E-state index contributed by atoms with van der Waals surface area (Å²) in [5.41, 5.74) is 0.297. The zero-order valence-electron chi connectivity index (χ0n) is 19.7. The van der Waals surface area contributed by atoms with E-state index in [9.17, 15) is 39.5 Å². The first kappa shape index (κ1) is 28.3. The number of ketones is 1. The number of nitrogens with one attached hydrogen (secondary N) is 2. The number of hydrogen-bond acceptors (Lipinski definition) is 8. The summed E-state index contributed by atoms with van der Waals surface area (Å²) in [7, 11) is 0.